The Kier molecular flexibility index (Phi) is 4.85. The first kappa shape index (κ1) is 16.5. The second-order valence-electron chi connectivity index (χ2n) is 5.26. The van der Waals surface area contributed by atoms with E-state index in [4.69, 9.17) is 11.5 Å². The van der Waals surface area contributed by atoms with Crippen LogP contribution in [0.4, 0.5) is 0 Å². The quantitative estimate of drug-likeness (QED) is 0.746. The Morgan fingerprint density at radius 3 is 2.14 bits per heavy atom. The van der Waals surface area contributed by atoms with Gasteiger partial charge in [0.05, 0.1) is 4.90 Å². The van der Waals surface area contributed by atoms with Gasteiger partial charge in [-0.1, -0.05) is 30.3 Å². The standard InChI is InChI=1S/C16H20N2O3S/c17-11-10-16(18,12-13-4-2-1-3-5-13)22(20,21)15-8-6-14(19)7-9-15/h1-9,19H,10-12,17-18H2. The van der Waals surface area contributed by atoms with Crippen molar-refractivity contribution in [1.29, 1.82) is 0 Å². The molecule has 1 atom stereocenters. The monoisotopic (exact) mass is 320 g/mol. The number of benzene rings is 2. The van der Waals surface area contributed by atoms with Gasteiger partial charge >= 0.3 is 0 Å². The summed E-state index contributed by atoms with van der Waals surface area (Å²) in [6, 6.07) is 14.6. The topological polar surface area (TPSA) is 106 Å². The third-order valence-electron chi connectivity index (χ3n) is 3.60. The van der Waals surface area contributed by atoms with Crippen LogP contribution in [0.15, 0.2) is 59.5 Å². The zero-order chi connectivity index (χ0) is 16.2. The number of sulfone groups is 1. The lowest BCUT2D eigenvalue weighted by atomic mass is 10.0. The van der Waals surface area contributed by atoms with Crippen LogP contribution in [0.5, 0.6) is 5.75 Å². The second-order valence-corrected chi connectivity index (χ2v) is 7.55. The highest BCUT2D eigenvalue weighted by Crippen LogP contribution is 2.28. The Morgan fingerprint density at radius 1 is 1.00 bits per heavy atom. The van der Waals surface area contributed by atoms with Crippen molar-refractivity contribution < 1.29 is 13.5 Å². The largest absolute Gasteiger partial charge is 0.508 e. The van der Waals surface area contributed by atoms with E-state index < -0.39 is 14.7 Å². The molecule has 0 spiro atoms. The van der Waals surface area contributed by atoms with Crippen LogP contribution in [0.25, 0.3) is 0 Å². The lowest BCUT2D eigenvalue weighted by Gasteiger charge is -2.29. The minimum atomic E-state index is -3.79. The molecule has 0 fully saturated rings. The molecule has 0 radical (unpaired) electrons. The van der Waals surface area contributed by atoms with Gasteiger partial charge in [0.25, 0.3) is 0 Å². The van der Waals surface area contributed by atoms with Crippen molar-refractivity contribution in [3.63, 3.8) is 0 Å². The lowest BCUT2D eigenvalue weighted by molar-refractivity contribution is 0.473. The molecule has 1 unspecified atom stereocenters. The summed E-state index contributed by atoms with van der Waals surface area (Å²) in [5, 5.41) is 9.32. The molecule has 0 saturated carbocycles. The fourth-order valence-corrected chi connectivity index (χ4v) is 4.07. The average molecular weight is 320 g/mol. The molecule has 2 aromatic carbocycles. The van der Waals surface area contributed by atoms with Crippen molar-refractivity contribution in [3.05, 3.63) is 60.2 Å². The molecule has 5 nitrogen and oxygen atoms in total. The molecule has 0 heterocycles. The van der Waals surface area contributed by atoms with Gasteiger partial charge in [0.2, 0.25) is 0 Å². The maximum Gasteiger partial charge on any atom is 0.197 e. The van der Waals surface area contributed by atoms with Crippen LogP contribution in [-0.2, 0) is 16.3 Å². The first-order valence-electron chi connectivity index (χ1n) is 6.95. The van der Waals surface area contributed by atoms with Crippen molar-refractivity contribution >= 4 is 9.84 Å². The summed E-state index contributed by atoms with van der Waals surface area (Å²) in [6.45, 7) is 0.167. The van der Waals surface area contributed by atoms with E-state index in [1.165, 1.54) is 24.3 Å². The third kappa shape index (κ3) is 3.30. The number of hydrogen-bond acceptors (Lipinski definition) is 5. The van der Waals surface area contributed by atoms with E-state index in [-0.39, 0.29) is 30.0 Å². The van der Waals surface area contributed by atoms with Crippen LogP contribution in [0.2, 0.25) is 0 Å². The Hall–Kier alpha value is -1.89. The fraction of sp³-hybridized carbons (Fsp3) is 0.250. The van der Waals surface area contributed by atoms with E-state index in [9.17, 15) is 13.5 Å². The molecule has 2 rings (SSSR count). The first-order chi connectivity index (χ1) is 10.4. The highest BCUT2D eigenvalue weighted by molar-refractivity contribution is 7.92. The smallest absolute Gasteiger partial charge is 0.197 e. The summed E-state index contributed by atoms with van der Waals surface area (Å²) in [6.07, 6.45) is 0.319. The number of nitrogens with two attached hydrogens (primary N) is 2. The fourth-order valence-electron chi connectivity index (χ4n) is 2.36. The SMILES string of the molecule is NCCC(N)(Cc1ccccc1)S(=O)(=O)c1ccc(O)cc1. The average Bonchev–Trinajstić information content (AvgIpc) is 2.49. The minimum Gasteiger partial charge on any atom is -0.508 e. The predicted octanol–water partition coefficient (Wildman–Crippen LogP) is 1.41. The number of phenols is 1. The van der Waals surface area contributed by atoms with E-state index in [2.05, 4.69) is 0 Å². The Bertz CT molecular complexity index is 715. The molecule has 5 N–H and O–H groups in total. The van der Waals surface area contributed by atoms with Crippen molar-refractivity contribution in [1.82, 2.24) is 0 Å². The molecule has 0 aliphatic heterocycles. The molecular weight excluding hydrogens is 300 g/mol. The maximum atomic E-state index is 12.9. The molecule has 0 aromatic heterocycles. The predicted molar refractivity (Wildman–Crippen MR) is 86.0 cm³/mol. The van der Waals surface area contributed by atoms with Gasteiger partial charge in [0.1, 0.15) is 10.6 Å². The summed E-state index contributed by atoms with van der Waals surface area (Å²) in [5.74, 6) is 0.00320. The van der Waals surface area contributed by atoms with Crippen LogP contribution < -0.4 is 11.5 Å². The normalized spacial score (nSPS) is 14.5. The van der Waals surface area contributed by atoms with E-state index in [0.717, 1.165) is 5.56 Å². The molecule has 0 bridgehead atoms. The van der Waals surface area contributed by atoms with Crippen molar-refractivity contribution in [2.45, 2.75) is 22.6 Å². The van der Waals surface area contributed by atoms with E-state index in [0.29, 0.717) is 0 Å². The molecule has 0 aliphatic rings. The minimum absolute atomic E-state index is 0.00320. The summed E-state index contributed by atoms with van der Waals surface area (Å²) < 4.78 is 25.8. The molecule has 6 heteroatoms. The summed E-state index contributed by atoms with van der Waals surface area (Å²) >= 11 is 0. The highest BCUT2D eigenvalue weighted by Gasteiger charge is 2.40. The van der Waals surface area contributed by atoms with Gasteiger partial charge in [0, 0.05) is 6.42 Å². The molecular formula is C16H20N2O3S. The number of aromatic hydroxyl groups is 1. The van der Waals surface area contributed by atoms with E-state index in [1.54, 1.807) is 0 Å². The summed E-state index contributed by atoms with van der Waals surface area (Å²) in [4.78, 5) is -1.41. The molecule has 0 aliphatic carbocycles. The van der Waals surface area contributed by atoms with Gasteiger partial charge in [-0.2, -0.15) is 0 Å². The lowest BCUT2D eigenvalue weighted by Crippen LogP contribution is -2.51. The van der Waals surface area contributed by atoms with Gasteiger partial charge in [-0.05, 0) is 42.8 Å². The highest BCUT2D eigenvalue weighted by atomic mass is 32.2. The van der Waals surface area contributed by atoms with Crippen molar-refractivity contribution in [2.24, 2.45) is 11.5 Å². The Labute approximate surface area is 130 Å². The van der Waals surface area contributed by atoms with Gasteiger partial charge in [-0.3, -0.25) is 0 Å². The Morgan fingerprint density at radius 2 is 1.59 bits per heavy atom. The van der Waals surface area contributed by atoms with Gasteiger partial charge in [-0.25, -0.2) is 8.42 Å². The molecule has 118 valence electrons. The van der Waals surface area contributed by atoms with Crippen LogP contribution in [-0.4, -0.2) is 24.9 Å². The van der Waals surface area contributed by atoms with Crippen molar-refractivity contribution in [3.8, 4) is 5.75 Å². The van der Waals surface area contributed by atoms with Crippen LogP contribution in [0.1, 0.15) is 12.0 Å². The van der Waals surface area contributed by atoms with Crippen LogP contribution >= 0.6 is 0 Å². The molecule has 0 saturated heterocycles. The molecule has 22 heavy (non-hydrogen) atoms. The van der Waals surface area contributed by atoms with Gasteiger partial charge < -0.3 is 16.6 Å². The molecule has 0 amide bonds. The number of phenolic OH excluding ortho intramolecular Hbond substituents is 1. The van der Waals surface area contributed by atoms with Gasteiger partial charge in [-0.15, -0.1) is 0 Å². The number of rotatable bonds is 6. The first-order valence-corrected chi connectivity index (χ1v) is 8.44. The summed E-state index contributed by atoms with van der Waals surface area (Å²) in [5.41, 5.74) is 12.7. The second kappa shape index (κ2) is 6.48. The van der Waals surface area contributed by atoms with E-state index in [1.807, 2.05) is 30.3 Å². The van der Waals surface area contributed by atoms with Crippen LogP contribution in [0.3, 0.4) is 0 Å². The molecule has 2 aromatic rings. The Balaban J connectivity index is 2.42. The van der Waals surface area contributed by atoms with Crippen LogP contribution in [0, 0.1) is 0 Å². The zero-order valence-electron chi connectivity index (χ0n) is 12.1. The number of hydrogen-bond donors (Lipinski definition) is 3. The van der Waals surface area contributed by atoms with Crippen molar-refractivity contribution in [2.75, 3.05) is 6.54 Å². The van der Waals surface area contributed by atoms with Gasteiger partial charge in [0.15, 0.2) is 9.84 Å². The van der Waals surface area contributed by atoms with E-state index >= 15 is 0 Å². The third-order valence-corrected chi connectivity index (χ3v) is 5.91. The zero-order valence-corrected chi connectivity index (χ0v) is 13.0. The summed E-state index contributed by atoms with van der Waals surface area (Å²) in [7, 11) is -3.79. The maximum absolute atomic E-state index is 12.9.